The standard InChI is InChI=1S/C32H30F3N3O3S/c1-22-26(19-36)29(25-15-9-10-16-27(25)32(33,34)35)30(28(37-22)21-42(40)24-13-7-4-8-14-24)31(39)41-18-17-38(2)20-23-11-5-3-6-12-23/h3-16,29,37H,17-18,20-21H2,1-2H3. The van der Waals surface area contributed by atoms with Crippen LogP contribution in [0.2, 0.25) is 0 Å². The monoisotopic (exact) mass is 593 g/mol. The average molecular weight is 594 g/mol. The Bertz CT molecular complexity index is 1550. The van der Waals surface area contributed by atoms with Crippen LogP contribution in [0.5, 0.6) is 0 Å². The van der Waals surface area contributed by atoms with E-state index in [4.69, 9.17) is 4.74 Å². The number of hydrogen-bond donors (Lipinski definition) is 1. The lowest BCUT2D eigenvalue weighted by atomic mass is 9.79. The lowest BCUT2D eigenvalue weighted by molar-refractivity contribution is -0.141. The van der Waals surface area contributed by atoms with Gasteiger partial charge in [0.25, 0.3) is 0 Å². The van der Waals surface area contributed by atoms with Gasteiger partial charge in [-0.25, -0.2) is 4.79 Å². The van der Waals surface area contributed by atoms with Crippen LogP contribution in [0.3, 0.4) is 0 Å². The summed E-state index contributed by atoms with van der Waals surface area (Å²) in [6.07, 6.45) is -4.74. The van der Waals surface area contributed by atoms with Crippen molar-refractivity contribution in [2.45, 2.75) is 30.5 Å². The number of carbonyl (C=O) groups is 1. The quantitative estimate of drug-likeness (QED) is 0.294. The van der Waals surface area contributed by atoms with Gasteiger partial charge in [0.1, 0.15) is 6.61 Å². The molecule has 3 aromatic rings. The Hall–Kier alpha value is -4.20. The number of nitrogens with one attached hydrogen (secondary N) is 1. The zero-order valence-corrected chi connectivity index (χ0v) is 24.0. The van der Waals surface area contributed by atoms with E-state index >= 15 is 0 Å². The summed E-state index contributed by atoms with van der Waals surface area (Å²) >= 11 is 0. The van der Waals surface area contributed by atoms with Crippen molar-refractivity contribution in [3.05, 3.63) is 124 Å². The molecule has 2 unspecified atom stereocenters. The summed E-state index contributed by atoms with van der Waals surface area (Å²) in [5.74, 6) is -2.44. The minimum atomic E-state index is -4.74. The molecule has 4 rings (SSSR count). The molecule has 1 aliphatic rings. The highest BCUT2D eigenvalue weighted by molar-refractivity contribution is 7.85. The second kappa shape index (κ2) is 13.6. The van der Waals surface area contributed by atoms with Crippen LogP contribution in [-0.2, 0) is 33.1 Å². The largest absolute Gasteiger partial charge is 0.461 e. The molecule has 1 heterocycles. The van der Waals surface area contributed by atoms with Crippen LogP contribution in [0, 0.1) is 11.3 Å². The topological polar surface area (TPSA) is 82.4 Å². The molecular formula is C32H30F3N3O3S. The average Bonchev–Trinajstić information content (AvgIpc) is 2.97. The first-order valence-corrected chi connectivity index (χ1v) is 14.5. The van der Waals surface area contributed by atoms with Crippen LogP contribution < -0.4 is 5.32 Å². The van der Waals surface area contributed by atoms with Gasteiger partial charge in [-0.2, -0.15) is 18.4 Å². The van der Waals surface area contributed by atoms with Crippen molar-refractivity contribution in [2.24, 2.45) is 0 Å². The summed E-state index contributed by atoms with van der Waals surface area (Å²) in [5.41, 5.74) is 0.0709. The summed E-state index contributed by atoms with van der Waals surface area (Å²) < 4.78 is 61.4. The number of benzene rings is 3. The highest BCUT2D eigenvalue weighted by Gasteiger charge is 2.42. The van der Waals surface area contributed by atoms with Crippen LogP contribution in [-0.4, -0.2) is 41.0 Å². The number of dihydropyridines is 1. The molecule has 10 heteroatoms. The molecule has 0 saturated carbocycles. The fourth-order valence-electron chi connectivity index (χ4n) is 4.85. The van der Waals surface area contributed by atoms with Gasteiger partial charge >= 0.3 is 12.1 Å². The van der Waals surface area contributed by atoms with Crippen LogP contribution in [0.15, 0.2) is 112 Å². The predicted molar refractivity (Wildman–Crippen MR) is 154 cm³/mol. The van der Waals surface area contributed by atoms with Crippen LogP contribution in [0.4, 0.5) is 13.2 Å². The number of rotatable bonds is 10. The maximum atomic E-state index is 14.2. The van der Waals surface area contributed by atoms with E-state index in [-0.39, 0.29) is 40.5 Å². The minimum Gasteiger partial charge on any atom is -0.461 e. The molecule has 0 aliphatic carbocycles. The Labute approximate surface area is 245 Å². The molecule has 0 spiro atoms. The van der Waals surface area contributed by atoms with Crippen molar-refractivity contribution in [2.75, 3.05) is 26.0 Å². The molecule has 1 aliphatic heterocycles. The minimum absolute atomic E-state index is 0.0427. The zero-order chi connectivity index (χ0) is 30.3. The lowest BCUT2D eigenvalue weighted by Gasteiger charge is -2.31. The van der Waals surface area contributed by atoms with Gasteiger partial charge < -0.3 is 10.1 Å². The number of alkyl halides is 3. The number of halogens is 3. The summed E-state index contributed by atoms with van der Waals surface area (Å²) in [6.45, 7) is 2.47. The van der Waals surface area contributed by atoms with Gasteiger partial charge in [0.15, 0.2) is 0 Å². The molecule has 0 saturated heterocycles. The van der Waals surface area contributed by atoms with Gasteiger partial charge in [-0.15, -0.1) is 0 Å². The van der Waals surface area contributed by atoms with Crippen molar-refractivity contribution in [1.82, 2.24) is 10.2 Å². The van der Waals surface area contributed by atoms with Crippen molar-refractivity contribution in [3.63, 3.8) is 0 Å². The van der Waals surface area contributed by atoms with Gasteiger partial charge in [0, 0.05) is 29.4 Å². The lowest BCUT2D eigenvalue weighted by Crippen LogP contribution is -2.33. The van der Waals surface area contributed by atoms with E-state index in [1.165, 1.54) is 18.2 Å². The van der Waals surface area contributed by atoms with Crippen molar-refractivity contribution >= 4 is 16.8 Å². The van der Waals surface area contributed by atoms with Crippen molar-refractivity contribution in [1.29, 1.82) is 5.26 Å². The maximum Gasteiger partial charge on any atom is 0.416 e. The van der Waals surface area contributed by atoms with Gasteiger partial charge in [-0.3, -0.25) is 9.11 Å². The van der Waals surface area contributed by atoms with Gasteiger partial charge in [-0.05, 0) is 43.3 Å². The third-order valence-corrected chi connectivity index (χ3v) is 8.19. The summed E-state index contributed by atoms with van der Waals surface area (Å²) in [7, 11) is 0.220. The number of likely N-dealkylation sites (N-methyl/N-ethyl adjacent to an activating group) is 1. The van der Waals surface area contributed by atoms with E-state index in [1.54, 1.807) is 37.3 Å². The van der Waals surface area contributed by atoms with Crippen LogP contribution in [0.1, 0.15) is 29.5 Å². The van der Waals surface area contributed by atoms with E-state index in [9.17, 15) is 27.4 Å². The second-order valence-electron chi connectivity index (χ2n) is 9.85. The smallest absolute Gasteiger partial charge is 0.416 e. The van der Waals surface area contributed by atoms with Crippen molar-refractivity contribution < 1.29 is 26.9 Å². The van der Waals surface area contributed by atoms with E-state index < -0.39 is 34.4 Å². The molecule has 218 valence electrons. The third kappa shape index (κ3) is 7.35. The Balaban J connectivity index is 1.71. The highest BCUT2D eigenvalue weighted by Crippen LogP contribution is 2.44. The first-order valence-electron chi connectivity index (χ1n) is 13.2. The number of hydrogen-bond acceptors (Lipinski definition) is 6. The Morgan fingerprint density at radius 3 is 2.29 bits per heavy atom. The second-order valence-corrected chi connectivity index (χ2v) is 11.3. The van der Waals surface area contributed by atoms with E-state index in [0.29, 0.717) is 18.0 Å². The Morgan fingerprint density at radius 1 is 1.02 bits per heavy atom. The first-order chi connectivity index (χ1) is 20.1. The summed E-state index contributed by atoms with van der Waals surface area (Å²) in [6, 6.07) is 25.1. The van der Waals surface area contributed by atoms with Gasteiger partial charge in [-0.1, -0.05) is 66.7 Å². The molecule has 6 nitrogen and oxygen atoms in total. The SMILES string of the molecule is CC1=C(C#N)C(c2ccccc2C(F)(F)F)C(C(=O)OCCN(C)Cc2ccccc2)=C(CS(=O)c2ccccc2)N1. The number of nitrogens with zero attached hydrogens (tertiary/aromatic N) is 2. The molecule has 2 atom stereocenters. The maximum absolute atomic E-state index is 14.2. The molecule has 42 heavy (non-hydrogen) atoms. The fraction of sp³-hybridized carbons (Fsp3) is 0.250. The molecule has 0 amide bonds. The zero-order valence-electron chi connectivity index (χ0n) is 23.1. The van der Waals surface area contributed by atoms with E-state index in [1.807, 2.05) is 48.3 Å². The molecule has 3 aromatic carbocycles. The predicted octanol–water partition coefficient (Wildman–Crippen LogP) is 5.93. The highest BCUT2D eigenvalue weighted by atomic mass is 32.2. The number of nitriles is 1. The molecule has 0 radical (unpaired) electrons. The Morgan fingerprint density at radius 2 is 1.64 bits per heavy atom. The Kier molecular flexibility index (Phi) is 9.99. The first kappa shape index (κ1) is 30.8. The number of ether oxygens (including phenoxy) is 1. The van der Waals surface area contributed by atoms with Gasteiger partial charge in [0.2, 0.25) is 0 Å². The molecule has 0 aromatic heterocycles. The molecular weight excluding hydrogens is 563 g/mol. The summed E-state index contributed by atoms with van der Waals surface area (Å²) in [5, 5.41) is 13.0. The fourth-order valence-corrected chi connectivity index (χ4v) is 5.97. The molecule has 1 N–H and O–H groups in total. The number of allylic oxidation sites excluding steroid dienone is 2. The third-order valence-electron chi connectivity index (χ3n) is 6.85. The number of carbonyl (C=O) groups excluding carboxylic acids is 1. The van der Waals surface area contributed by atoms with Crippen molar-refractivity contribution in [3.8, 4) is 6.07 Å². The number of esters is 1. The normalized spacial score (nSPS) is 16.2. The molecule has 0 bridgehead atoms. The van der Waals surface area contributed by atoms with Crippen LogP contribution in [0.25, 0.3) is 0 Å². The van der Waals surface area contributed by atoms with Gasteiger partial charge in [0.05, 0.1) is 45.2 Å². The molecule has 0 fully saturated rings. The summed E-state index contributed by atoms with van der Waals surface area (Å²) in [4.78, 5) is 16.2. The van der Waals surface area contributed by atoms with E-state index in [0.717, 1.165) is 11.6 Å². The van der Waals surface area contributed by atoms with E-state index in [2.05, 4.69) is 5.32 Å². The van der Waals surface area contributed by atoms with Crippen LogP contribution >= 0.6 is 0 Å².